The molecule has 35 heavy (non-hydrogen) atoms. The minimum Gasteiger partial charge on any atom is -0.378 e. The van der Waals surface area contributed by atoms with Gasteiger partial charge in [-0.1, -0.05) is 11.6 Å². The Morgan fingerprint density at radius 1 is 1.06 bits per heavy atom. The van der Waals surface area contributed by atoms with Crippen LogP contribution in [0.2, 0.25) is 5.15 Å². The maximum Gasteiger partial charge on any atom is 0.222 e. The van der Waals surface area contributed by atoms with E-state index in [-0.39, 0.29) is 0 Å². The Hall–Kier alpha value is -2.58. The van der Waals surface area contributed by atoms with Crippen LogP contribution in [0.3, 0.4) is 0 Å². The molecule has 0 bridgehead atoms. The minimum atomic E-state index is -3.17. The molecular weight excluding hydrogens is 494 g/mol. The number of halogens is 1. The van der Waals surface area contributed by atoms with Gasteiger partial charge >= 0.3 is 0 Å². The molecule has 12 nitrogen and oxygen atoms in total. The highest BCUT2D eigenvalue weighted by atomic mass is 35.5. The average molecular weight is 522 g/mol. The van der Waals surface area contributed by atoms with E-state index in [9.17, 15) is 8.42 Å². The van der Waals surface area contributed by atoms with Crippen molar-refractivity contribution in [3.63, 3.8) is 0 Å². The molecule has 2 saturated heterocycles. The van der Waals surface area contributed by atoms with Crippen LogP contribution in [-0.2, 0) is 21.3 Å². The number of rotatable bonds is 6. The van der Waals surface area contributed by atoms with E-state index < -0.39 is 10.0 Å². The standard InChI is InChI=1S/C21H28ClN9O3S/c1-23-21-24-11-15(12-25-21)17-18(22)31-14-16(13-28-3-5-30(6-4-28)35(2,32)33)26-20(31)19(27-17)29-7-9-34-10-8-29/h11-12,14H,3-10,13H2,1-2H3,(H,23,24,25). The number of nitrogens with zero attached hydrogens (tertiary/aromatic N) is 8. The number of sulfonamides is 1. The molecule has 188 valence electrons. The fourth-order valence-electron chi connectivity index (χ4n) is 4.33. The van der Waals surface area contributed by atoms with Gasteiger partial charge in [0.05, 0.1) is 25.2 Å². The zero-order valence-electron chi connectivity index (χ0n) is 19.7. The van der Waals surface area contributed by atoms with Gasteiger partial charge in [0, 0.05) is 77.0 Å². The number of morpholine rings is 1. The summed E-state index contributed by atoms with van der Waals surface area (Å²) in [5, 5.41) is 3.34. The largest absolute Gasteiger partial charge is 0.378 e. The van der Waals surface area contributed by atoms with Gasteiger partial charge in [-0.15, -0.1) is 0 Å². The number of hydrogen-bond donors (Lipinski definition) is 1. The number of ether oxygens (including phenoxy) is 1. The monoisotopic (exact) mass is 521 g/mol. The smallest absolute Gasteiger partial charge is 0.222 e. The molecule has 0 aliphatic carbocycles. The highest BCUT2D eigenvalue weighted by Gasteiger charge is 2.26. The van der Waals surface area contributed by atoms with Crippen LogP contribution < -0.4 is 10.2 Å². The lowest BCUT2D eigenvalue weighted by Crippen LogP contribution is -2.47. The van der Waals surface area contributed by atoms with Crippen LogP contribution in [0.1, 0.15) is 5.69 Å². The summed E-state index contributed by atoms with van der Waals surface area (Å²) in [6.45, 7) is 5.46. The number of imidazole rings is 1. The summed E-state index contributed by atoms with van der Waals surface area (Å²) in [6, 6.07) is 0. The number of hydrogen-bond acceptors (Lipinski definition) is 10. The topological polar surface area (TPSA) is 121 Å². The van der Waals surface area contributed by atoms with Crippen molar-refractivity contribution in [2.45, 2.75) is 6.54 Å². The Morgan fingerprint density at radius 2 is 1.74 bits per heavy atom. The number of piperazine rings is 1. The quantitative estimate of drug-likeness (QED) is 0.498. The van der Waals surface area contributed by atoms with Crippen molar-refractivity contribution in [2.24, 2.45) is 0 Å². The fourth-order valence-corrected chi connectivity index (χ4v) is 5.43. The summed E-state index contributed by atoms with van der Waals surface area (Å²) >= 11 is 6.85. The van der Waals surface area contributed by atoms with E-state index in [0.29, 0.717) is 87.0 Å². The van der Waals surface area contributed by atoms with Crippen LogP contribution in [0, 0.1) is 0 Å². The molecule has 0 saturated carbocycles. The lowest BCUT2D eigenvalue weighted by atomic mass is 10.2. The molecule has 3 aromatic rings. The van der Waals surface area contributed by atoms with Crippen LogP contribution in [0.5, 0.6) is 0 Å². The first-order chi connectivity index (χ1) is 16.8. The van der Waals surface area contributed by atoms with Crippen LogP contribution in [0.25, 0.3) is 16.9 Å². The van der Waals surface area contributed by atoms with E-state index in [1.54, 1.807) is 19.4 Å². The van der Waals surface area contributed by atoms with Crippen molar-refractivity contribution in [3.05, 3.63) is 29.4 Å². The first kappa shape index (κ1) is 24.1. The Morgan fingerprint density at radius 3 is 2.37 bits per heavy atom. The molecular formula is C21H28ClN9O3S. The normalized spacial score (nSPS) is 18.3. The summed E-state index contributed by atoms with van der Waals surface area (Å²) in [5.74, 6) is 1.25. The van der Waals surface area contributed by atoms with Gasteiger partial charge in [-0.25, -0.2) is 28.4 Å². The van der Waals surface area contributed by atoms with Gasteiger partial charge in [-0.05, 0) is 0 Å². The molecule has 0 aromatic carbocycles. The maximum atomic E-state index is 11.8. The number of nitrogens with one attached hydrogen (secondary N) is 1. The summed E-state index contributed by atoms with van der Waals surface area (Å²) in [6.07, 6.45) is 6.57. The molecule has 0 atom stereocenters. The van der Waals surface area contributed by atoms with E-state index in [1.807, 2.05) is 10.6 Å². The van der Waals surface area contributed by atoms with Crippen LogP contribution in [0.4, 0.5) is 11.8 Å². The van der Waals surface area contributed by atoms with Crippen molar-refractivity contribution in [1.29, 1.82) is 0 Å². The SMILES string of the molecule is CNc1ncc(-c2nc(N3CCOCC3)c3nc(CN4CCN(S(C)(=O)=O)CC4)cn3c2Cl)cn1. The molecule has 2 aliphatic rings. The Kier molecular flexibility index (Phi) is 6.77. The highest BCUT2D eigenvalue weighted by molar-refractivity contribution is 7.88. The molecule has 1 N–H and O–H groups in total. The van der Waals surface area contributed by atoms with Gasteiger partial charge in [-0.2, -0.15) is 4.31 Å². The average Bonchev–Trinajstić information content (AvgIpc) is 3.29. The summed E-state index contributed by atoms with van der Waals surface area (Å²) in [4.78, 5) is 22.8. The third-order valence-corrected chi connectivity index (χ3v) is 7.89. The van der Waals surface area contributed by atoms with E-state index in [1.165, 1.54) is 10.6 Å². The third kappa shape index (κ3) is 5.05. The molecule has 2 aliphatic heterocycles. The van der Waals surface area contributed by atoms with Crippen LogP contribution in [-0.4, -0.2) is 108 Å². The fraction of sp³-hybridized carbons (Fsp3) is 0.524. The first-order valence-corrected chi connectivity index (χ1v) is 13.6. The molecule has 0 radical (unpaired) electrons. The van der Waals surface area contributed by atoms with Gasteiger partial charge in [0.1, 0.15) is 10.8 Å². The van der Waals surface area contributed by atoms with Gasteiger partial charge < -0.3 is 15.0 Å². The predicted molar refractivity (Wildman–Crippen MR) is 133 cm³/mol. The van der Waals surface area contributed by atoms with Gasteiger partial charge in [-0.3, -0.25) is 9.30 Å². The molecule has 14 heteroatoms. The number of fused-ring (bicyclic) bond motifs is 1. The molecule has 5 heterocycles. The van der Waals surface area contributed by atoms with Crippen molar-refractivity contribution in [1.82, 2.24) is 33.5 Å². The molecule has 5 rings (SSSR count). The Balaban J connectivity index is 1.49. The zero-order chi connectivity index (χ0) is 24.6. The minimum absolute atomic E-state index is 0.429. The van der Waals surface area contributed by atoms with Crippen molar-refractivity contribution >= 4 is 39.0 Å². The number of aromatic nitrogens is 5. The molecule has 3 aromatic heterocycles. The lowest BCUT2D eigenvalue weighted by molar-refractivity contribution is 0.122. The molecule has 2 fully saturated rings. The van der Waals surface area contributed by atoms with Crippen molar-refractivity contribution < 1.29 is 13.2 Å². The Bertz CT molecular complexity index is 1300. The van der Waals surface area contributed by atoms with Crippen molar-refractivity contribution in [3.8, 4) is 11.3 Å². The molecule has 0 amide bonds. The van der Waals surface area contributed by atoms with E-state index >= 15 is 0 Å². The van der Waals surface area contributed by atoms with E-state index in [2.05, 4.69) is 25.1 Å². The number of anilines is 2. The summed E-state index contributed by atoms with van der Waals surface area (Å²) in [5.41, 5.74) is 2.81. The van der Waals surface area contributed by atoms with Gasteiger partial charge in [0.15, 0.2) is 11.5 Å². The lowest BCUT2D eigenvalue weighted by Gasteiger charge is -2.32. The van der Waals surface area contributed by atoms with Crippen molar-refractivity contribution in [2.75, 3.05) is 76.0 Å². The van der Waals surface area contributed by atoms with E-state index in [0.717, 1.165) is 11.5 Å². The second kappa shape index (κ2) is 9.82. The van der Waals surface area contributed by atoms with Crippen LogP contribution in [0.15, 0.2) is 18.6 Å². The molecule has 0 unspecified atom stereocenters. The van der Waals surface area contributed by atoms with Crippen LogP contribution >= 0.6 is 11.6 Å². The maximum absolute atomic E-state index is 11.8. The highest BCUT2D eigenvalue weighted by Crippen LogP contribution is 2.32. The van der Waals surface area contributed by atoms with E-state index in [4.69, 9.17) is 26.3 Å². The molecule has 0 spiro atoms. The summed E-state index contributed by atoms with van der Waals surface area (Å²) in [7, 11) is -1.41. The van der Waals surface area contributed by atoms with Gasteiger partial charge in [0.25, 0.3) is 0 Å². The zero-order valence-corrected chi connectivity index (χ0v) is 21.3. The second-order valence-electron chi connectivity index (χ2n) is 8.58. The predicted octanol–water partition coefficient (Wildman–Crippen LogP) is 0.795. The first-order valence-electron chi connectivity index (χ1n) is 11.4. The third-order valence-electron chi connectivity index (χ3n) is 6.23. The Labute approximate surface area is 208 Å². The second-order valence-corrected chi connectivity index (χ2v) is 10.9. The summed E-state index contributed by atoms with van der Waals surface area (Å²) < 4.78 is 32.6. The van der Waals surface area contributed by atoms with Gasteiger partial charge in [0.2, 0.25) is 16.0 Å².